The average Bonchev–Trinajstić information content (AvgIpc) is 3.43. The van der Waals surface area contributed by atoms with Crippen molar-refractivity contribution in [2.24, 2.45) is 0 Å². The second-order valence-electron chi connectivity index (χ2n) is 6.82. The zero-order valence-corrected chi connectivity index (χ0v) is 17.5. The summed E-state index contributed by atoms with van der Waals surface area (Å²) in [6, 6.07) is 5.93. The Bertz CT molecular complexity index is 1080. The van der Waals surface area contributed by atoms with Crippen molar-refractivity contribution in [1.29, 1.82) is 0 Å². The third-order valence-corrected chi connectivity index (χ3v) is 4.94. The van der Waals surface area contributed by atoms with E-state index in [0.29, 0.717) is 33.3 Å². The first-order valence-corrected chi connectivity index (χ1v) is 9.90. The molecule has 156 valence electrons. The Morgan fingerprint density at radius 1 is 1.30 bits per heavy atom. The molecule has 0 bridgehead atoms. The number of hydrogen-bond acceptors (Lipinski definition) is 7. The molecule has 2 heterocycles. The zero-order chi connectivity index (χ0) is 21.3. The smallest absolute Gasteiger partial charge is 0.312 e. The van der Waals surface area contributed by atoms with Crippen LogP contribution < -0.4 is 4.74 Å². The van der Waals surface area contributed by atoms with Crippen LogP contribution in [0.2, 0.25) is 0 Å². The molecule has 1 aliphatic carbocycles. The van der Waals surface area contributed by atoms with Crippen LogP contribution in [-0.2, 0) is 18.0 Å². The maximum atomic E-state index is 13.5. The minimum absolute atomic E-state index is 0.0417. The molecule has 0 N–H and O–H groups in total. The lowest BCUT2D eigenvalue weighted by atomic mass is 10.1. The number of halogens is 2. The van der Waals surface area contributed by atoms with Gasteiger partial charge in [-0.1, -0.05) is 0 Å². The Labute approximate surface area is 179 Å². The Kier molecular flexibility index (Phi) is 5.73. The standard InChI is InChI=1S/C19H17BrFN5O4/c1-29-18-15(19-22-10-25(24-19)14-2-3-14)4-11(5-16(18)26(27)28)8-30-9-13-6-12(21)7-17(20)23-13/h4-7,10,14H,2-3,8-9H2,1H3. The monoisotopic (exact) mass is 477 g/mol. The fourth-order valence-electron chi connectivity index (χ4n) is 3.05. The van der Waals surface area contributed by atoms with Gasteiger partial charge in [-0.3, -0.25) is 10.1 Å². The minimum atomic E-state index is -0.519. The third-order valence-electron chi connectivity index (χ3n) is 4.53. The van der Waals surface area contributed by atoms with Crippen molar-refractivity contribution in [1.82, 2.24) is 19.7 Å². The predicted octanol–water partition coefficient (Wildman–Crippen LogP) is 4.21. The lowest BCUT2D eigenvalue weighted by molar-refractivity contribution is -0.385. The van der Waals surface area contributed by atoms with Crippen molar-refractivity contribution in [2.75, 3.05) is 7.11 Å². The molecule has 4 rings (SSSR count). The molecule has 30 heavy (non-hydrogen) atoms. The quantitative estimate of drug-likeness (QED) is 0.271. The van der Waals surface area contributed by atoms with E-state index >= 15 is 0 Å². The minimum Gasteiger partial charge on any atom is -0.490 e. The van der Waals surface area contributed by atoms with Crippen LogP contribution in [0.3, 0.4) is 0 Å². The highest BCUT2D eigenvalue weighted by atomic mass is 79.9. The average molecular weight is 478 g/mol. The first-order chi connectivity index (χ1) is 14.4. The van der Waals surface area contributed by atoms with Gasteiger partial charge in [0.1, 0.15) is 16.7 Å². The number of pyridine rings is 1. The molecule has 1 aliphatic rings. The van der Waals surface area contributed by atoms with Crippen molar-refractivity contribution in [3.8, 4) is 17.1 Å². The Hall–Kier alpha value is -2.92. The first-order valence-electron chi connectivity index (χ1n) is 9.11. The number of ether oxygens (including phenoxy) is 2. The number of nitrogens with zero attached hydrogens (tertiary/aromatic N) is 5. The normalized spacial score (nSPS) is 13.4. The number of aromatic nitrogens is 4. The van der Waals surface area contributed by atoms with Gasteiger partial charge in [0.15, 0.2) is 5.82 Å². The molecule has 1 fully saturated rings. The van der Waals surface area contributed by atoms with E-state index in [1.54, 1.807) is 17.1 Å². The van der Waals surface area contributed by atoms with Crippen LogP contribution in [-0.4, -0.2) is 31.8 Å². The topological polar surface area (TPSA) is 105 Å². The lowest BCUT2D eigenvalue weighted by Gasteiger charge is -2.10. The van der Waals surface area contributed by atoms with Crippen LogP contribution in [0.1, 0.15) is 30.1 Å². The highest BCUT2D eigenvalue weighted by Crippen LogP contribution is 2.39. The summed E-state index contributed by atoms with van der Waals surface area (Å²) < 4.78 is 26.5. The molecule has 3 aromatic rings. The number of nitro benzene ring substituents is 1. The highest BCUT2D eigenvalue weighted by Gasteiger charge is 2.27. The zero-order valence-electron chi connectivity index (χ0n) is 15.9. The Morgan fingerprint density at radius 2 is 2.10 bits per heavy atom. The number of nitro groups is 1. The molecule has 0 saturated heterocycles. The molecular formula is C19H17BrFN5O4. The largest absolute Gasteiger partial charge is 0.490 e. The summed E-state index contributed by atoms with van der Waals surface area (Å²) >= 11 is 3.13. The van der Waals surface area contributed by atoms with E-state index in [2.05, 4.69) is 31.0 Å². The molecule has 0 spiro atoms. The lowest BCUT2D eigenvalue weighted by Crippen LogP contribution is -2.02. The number of rotatable bonds is 8. The summed E-state index contributed by atoms with van der Waals surface area (Å²) in [5, 5.41) is 16.0. The number of benzene rings is 1. The second-order valence-corrected chi connectivity index (χ2v) is 7.64. The number of methoxy groups -OCH3 is 1. The van der Waals surface area contributed by atoms with Crippen LogP contribution in [0.4, 0.5) is 10.1 Å². The van der Waals surface area contributed by atoms with E-state index in [1.807, 2.05) is 0 Å². The van der Waals surface area contributed by atoms with Crippen molar-refractivity contribution in [3.63, 3.8) is 0 Å². The second kappa shape index (κ2) is 8.44. The predicted molar refractivity (Wildman–Crippen MR) is 107 cm³/mol. The van der Waals surface area contributed by atoms with Gasteiger partial charge in [0.2, 0.25) is 5.75 Å². The van der Waals surface area contributed by atoms with Gasteiger partial charge < -0.3 is 9.47 Å². The van der Waals surface area contributed by atoms with Crippen LogP contribution in [0, 0.1) is 15.9 Å². The summed E-state index contributed by atoms with van der Waals surface area (Å²) in [6.45, 7) is 0.0943. The summed E-state index contributed by atoms with van der Waals surface area (Å²) in [6.07, 6.45) is 3.70. The van der Waals surface area contributed by atoms with Gasteiger partial charge in [-0.2, -0.15) is 5.10 Å². The summed E-state index contributed by atoms with van der Waals surface area (Å²) in [4.78, 5) is 19.5. The van der Waals surface area contributed by atoms with Gasteiger partial charge in [0.25, 0.3) is 0 Å². The molecule has 0 radical (unpaired) electrons. The summed E-state index contributed by atoms with van der Waals surface area (Å²) in [7, 11) is 1.37. The maximum Gasteiger partial charge on any atom is 0.312 e. The van der Waals surface area contributed by atoms with E-state index in [9.17, 15) is 14.5 Å². The van der Waals surface area contributed by atoms with Crippen molar-refractivity contribution < 1.29 is 18.8 Å². The molecule has 9 nitrogen and oxygen atoms in total. The molecule has 0 atom stereocenters. The fraction of sp³-hybridized carbons (Fsp3) is 0.316. The molecule has 0 amide bonds. The van der Waals surface area contributed by atoms with Gasteiger partial charge in [-0.05, 0) is 46.5 Å². The fourth-order valence-corrected chi connectivity index (χ4v) is 3.49. The maximum absolute atomic E-state index is 13.5. The van der Waals surface area contributed by atoms with Crippen LogP contribution in [0.5, 0.6) is 5.75 Å². The first kappa shape index (κ1) is 20.4. The van der Waals surface area contributed by atoms with E-state index in [0.717, 1.165) is 12.8 Å². The van der Waals surface area contributed by atoms with Gasteiger partial charge in [0, 0.05) is 12.1 Å². The Morgan fingerprint density at radius 3 is 2.77 bits per heavy atom. The molecule has 2 aromatic heterocycles. The Balaban J connectivity index is 1.60. The van der Waals surface area contributed by atoms with Crippen LogP contribution in [0.25, 0.3) is 11.4 Å². The van der Waals surface area contributed by atoms with Crippen LogP contribution >= 0.6 is 15.9 Å². The van der Waals surface area contributed by atoms with Gasteiger partial charge in [0.05, 0.1) is 42.5 Å². The van der Waals surface area contributed by atoms with Crippen molar-refractivity contribution in [2.45, 2.75) is 32.1 Å². The SMILES string of the molecule is COc1c(-c2ncn(C3CC3)n2)cc(COCc2cc(F)cc(Br)n2)cc1[N+](=O)[O-]. The third kappa shape index (κ3) is 4.46. The van der Waals surface area contributed by atoms with Gasteiger partial charge in [-0.25, -0.2) is 19.0 Å². The van der Waals surface area contributed by atoms with E-state index in [-0.39, 0.29) is 24.7 Å². The van der Waals surface area contributed by atoms with Crippen LogP contribution in [0.15, 0.2) is 35.2 Å². The van der Waals surface area contributed by atoms with Gasteiger partial charge >= 0.3 is 5.69 Å². The molecule has 1 saturated carbocycles. The summed E-state index contributed by atoms with van der Waals surface area (Å²) in [5.41, 5.74) is 1.14. The molecular weight excluding hydrogens is 461 g/mol. The van der Waals surface area contributed by atoms with Crippen molar-refractivity contribution in [3.05, 3.63) is 62.4 Å². The highest BCUT2D eigenvalue weighted by molar-refractivity contribution is 9.10. The number of hydrogen-bond donors (Lipinski definition) is 0. The van der Waals surface area contributed by atoms with Crippen molar-refractivity contribution >= 4 is 21.6 Å². The van der Waals surface area contributed by atoms with Gasteiger partial charge in [-0.15, -0.1) is 0 Å². The molecule has 0 aliphatic heterocycles. The molecule has 11 heteroatoms. The van der Waals surface area contributed by atoms with E-state index < -0.39 is 10.7 Å². The molecule has 0 unspecified atom stereocenters. The van der Waals surface area contributed by atoms with E-state index in [4.69, 9.17) is 9.47 Å². The summed E-state index contributed by atoms with van der Waals surface area (Å²) in [5.74, 6) is 0.00243. The molecule has 1 aromatic carbocycles. The van der Waals surface area contributed by atoms with E-state index in [1.165, 1.54) is 25.3 Å².